The minimum Gasteiger partial charge on any atom is -0.433 e. The number of anilines is 1. The molecule has 2 rings (SSSR count). The van der Waals surface area contributed by atoms with Crippen LogP contribution in [0, 0.1) is 0 Å². The lowest BCUT2D eigenvalue weighted by molar-refractivity contribution is -0.0497. The number of nitrogens with one attached hydrogen (secondary N) is 1. The van der Waals surface area contributed by atoms with Crippen LogP contribution < -0.4 is 9.46 Å². The Hall–Kier alpha value is -1.64. The first-order valence-electron chi connectivity index (χ1n) is 5.67. The Morgan fingerprint density at radius 1 is 1.23 bits per heavy atom. The summed E-state index contributed by atoms with van der Waals surface area (Å²) in [5, 5.41) is -0.364. The molecule has 10 heteroatoms. The van der Waals surface area contributed by atoms with E-state index in [0.717, 1.165) is 12.1 Å². The van der Waals surface area contributed by atoms with Gasteiger partial charge < -0.3 is 4.74 Å². The molecule has 0 aliphatic carbocycles. The molecule has 0 spiro atoms. The number of sulfonamides is 1. The van der Waals surface area contributed by atoms with Crippen molar-refractivity contribution in [1.82, 2.24) is 4.98 Å². The second kappa shape index (κ2) is 6.64. The lowest BCUT2D eigenvalue weighted by Gasteiger charge is -2.11. The van der Waals surface area contributed by atoms with Crippen LogP contribution in [0.3, 0.4) is 0 Å². The number of aromatic nitrogens is 1. The maximum Gasteiger partial charge on any atom is 0.387 e. The third-order valence-electron chi connectivity index (χ3n) is 2.41. The van der Waals surface area contributed by atoms with E-state index in [2.05, 4.69) is 14.4 Å². The van der Waals surface area contributed by atoms with Gasteiger partial charge in [-0.25, -0.2) is 13.4 Å². The van der Waals surface area contributed by atoms with Crippen LogP contribution in [-0.2, 0) is 10.0 Å². The summed E-state index contributed by atoms with van der Waals surface area (Å²) in [6, 6.07) is 6.17. The fourth-order valence-corrected chi connectivity index (χ4v) is 3.27. The van der Waals surface area contributed by atoms with Gasteiger partial charge in [-0.3, -0.25) is 4.72 Å². The number of hydrogen-bond donors (Lipinski definition) is 1. The van der Waals surface area contributed by atoms with Gasteiger partial charge in [-0.1, -0.05) is 23.2 Å². The third-order valence-corrected chi connectivity index (χ3v) is 4.54. The summed E-state index contributed by atoms with van der Waals surface area (Å²) in [5.74, 6) is -0.265. The van der Waals surface area contributed by atoms with Crippen molar-refractivity contribution in [2.24, 2.45) is 0 Å². The highest BCUT2D eigenvalue weighted by Crippen LogP contribution is 2.30. The summed E-state index contributed by atoms with van der Waals surface area (Å²) in [5.41, 5.74) is 0.0616. The average Bonchev–Trinajstić information content (AvgIpc) is 2.41. The van der Waals surface area contributed by atoms with Gasteiger partial charge in [-0.15, -0.1) is 0 Å². The van der Waals surface area contributed by atoms with Gasteiger partial charge in [0.25, 0.3) is 10.0 Å². The zero-order valence-corrected chi connectivity index (χ0v) is 13.0. The lowest BCUT2D eigenvalue weighted by atomic mass is 10.3. The zero-order valence-electron chi connectivity index (χ0n) is 10.6. The number of rotatable bonds is 5. The molecule has 1 aromatic carbocycles. The Morgan fingerprint density at radius 3 is 2.55 bits per heavy atom. The van der Waals surface area contributed by atoms with E-state index in [0.29, 0.717) is 0 Å². The first-order chi connectivity index (χ1) is 10.3. The normalized spacial score (nSPS) is 11.5. The molecule has 0 aliphatic rings. The van der Waals surface area contributed by atoms with Crippen molar-refractivity contribution in [3.05, 3.63) is 46.7 Å². The van der Waals surface area contributed by atoms with Crippen molar-refractivity contribution in [3.8, 4) is 5.75 Å². The highest BCUT2D eigenvalue weighted by Gasteiger charge is 2.19. The second-order valence-electron chi connectivity index (χ2n) is 3.92. The highest BCUT2D eigenvalue weighted by molar-refractivity contribution is 7.92. The second-order valence-corrected chi connectivity index (χ2v) is 6.34. The summed E-state index contributed by atoms with van der Waals surface area (Å²) in [4.78, 5) is 3.45. The van der Waals surface area contributed by atoms with Crippen LogP contribution in [0.2, 0.25) is 10.2 Å². The van der Waals surface area contributed by atoms with Crippen LogP contribution in [0.5, 0.6) is 5.75 Å². The van der Waals surface area contributed by atoms with E-state index < -0.39 is 16.6 Å². The number of halogens is 4. The van der Waals surface area contributed by atoms with Crippen molar-refractivity contribution >= 4 is 38.9 Å². The van der Waals surface area contributed by atoms with Crippen LogP contribution in [0.25, 0.3) is 0 Å². The van der Waals surface area contributed by atoms with Crippen molar-refractivity contribution in [2.75, 3.05) is 4.72 Å². The number of hydrogen-bond acceptors (Lipinski definition) is 4. The Labute approximate surface area is 134 Å². The van der Waals surface area contributed by atoms with Gasteiger partial charge in [0, 0.05) is 6.20 Å². The molecule has 22 heavy (non-hydrogen) atoms. The summed E-state index contributed by atoms with van der Waals surface area (Å²) in [6.07, 6.45) is 1.34. The van der Waals surface area contributed by atoms with Gasteiger partial charge in [0.05, 0.1) is 10.7 Å². The molecule has 0 radical (unpaired) electrons. The molecule has 0 fully saturated rings. The lowest BCUT2D eigenvalue weighted by Crippen LogP contribution is -2.14. The van der Waals surface area contributed by atoms with Crippen molar-refractivity contribution in [2.45, 2.75) is 11.5 Å². The Bertz CT molecular complexity index is 788. The first kappa shape index (κ1) is 16.7. The van der Waals surface area contributed by atoms with Gasteiger partial charge >= 0.3 is 6.61 Å². The summed E-state index contributed by atoms with van der Waals surface area (Å²) >= 11 is 11.5. The quantitative estimate of drug-likeness (QED) is 0.815. The van der Waals surface area contributed by atoms with Crippen LogP contribution in [0.1, 0.15) is 0 Å². The monoisotopic (exact) mass is 368 g/mol. The Morgan fingerprint density at radius 2 is 1.95 bits per heavy atom. The molecule has 0 amide bonds. The molecule has 0 saturated carbocycles. The van der Waals surface area contributed by atoms with Crippen molar-refractivity contribution in [1.29, 1.82) is 0 Å². The number of pyridine rings is 1. The van der Waals surface area contributed by atoms with Crippen LogP contribution >= 0.6 is 23.2 Å². The average molecular weight is 369 g/mol. The highest BCUT2D eigenvalue weighted by atomic mass is 35.5. The Kier molecular flexibility index (Phi) is 5.05. The van der Waals surface area contributed by atoms with Gasteiger partial charge in [0.1, 0.15) is 15.8 Å². The maximum atomic E-state index is 12.2. The molecule has 1 aromatic heterocycles. The van der Waals surface area contributed by atoms with E-state index >= 15 is 0 Å². The molecule has 0 bridgehead atoms. The number of ether oxygens (including phenoxy) is 1. The van der Waals surface area contributed by atoms with E-state index in [9.17, 15) is 17.2 Å². The van der Waals surface area contributed by atoms with E-state index in [-0.39, 0.29) is 26.5 Å². The fraction of sp³-hybridized carbons (Fsp3) is 0.0833. The molecule has 5 nitrogen and oxygen atoms in total. The number of nitrogens with zero attached hydrogens (tertiary/aromatic N) is 1. The van der Waals surface area contributed by atoms with Crippen LogP contribution in [-0.4, -0.2) is 20.0 Å². The first-order valence-corrected chi connectivity index (χ1v) is 7.91. The Balaban J connectivity index is 2.27. The molecule has 2 aromatic rings. The number of benzene rings is 1. The third kappa shape index (κ3) is 3.96. The van der Waals surface area contributed by atoms with Gasteiger partial charge in [-0.05, 0) is 30.3 Å². The molecule has 1 heterocycles. The molecular weight excluding hydrogens is 361 g/mol. The maximum absolute atomic E-state index is 12.2. The molecule has 0 saturated heterocycles. The van der Waals surface area contributed by atoms with E-state index in [1.807, 2.05) is 0 Å². The number of alkyl halides is 2. The molecule has 118 valence electrons. The van der Waals surface area contributed by atoms with Crippen molar-refractivity contribution in [3.63, 3.8) is 0 Å². The van der Waals surface area contributed by atoms with E-state index in [1.54, 1.807) is 0 Å². The zero-order chi connectivity index (χ0) is 16.3. The SMILES string of the molecule is O=S(=O)(Nc1ccc(OC(F)F)c(Cl)c1)c1cccnc1Cl. The van der Waals surface area contributed by atoms with Gasteiger partial charge in [-0.2, -0.15) is 8.78 Å². The molecule has 0 aliphatic heterocycles. The predicted molar refractivity (Wildman–Crippen MR) is 78.1 cm³/mol. The molecule has 0 unspecified atom stereocenters. The van der Waals surface area contributed by atoms with E-state index in [1.165, 1.54) is 24.4 Å². The predicted octanol–water partition coefficient (Wildman–Crippen LogP) is 3.79. The van der Waals surface area contributed by atoms with E-state index in [4.69, 9.17) is 23.2 Å². The standard InChI is InChI=1S/C12H8Cl2F2N2O3S/c13-8-6-7(3-4-9(8)21-12(15)16)18-22(19,20)10-2-1-5-17-11(10)14/h1-6,12,18H. The minimum atomic E-state index is -3.99. The van der Waals surface area contributed by atoms with Crippen LogP contribution in [0.4, 0.5) is 14.5 Å². The van der Waals surface area contributed by atoms with Crippen molar-refractivity contribution < 1.29 is 21.9 Å². The largest absolute Gasteiger partial charge is 0.433 e. The topological polar surface area (TPSA) is 68.3 Å². The minimum absolute atomic E-state index is 0.0616. The summed E-state index contributed by atoms with van der Waals surface area (Å²) in [7, 11) is -3.99. The van der Waals surface area contributed by atoms with Gasteiger partial charge in [0.2, 0.25) is 0 Å². The molecular formula is C12H8Cl2F2N2O3S. The molecule has 0 atom stereocenters. The summed E-state index contributed by atoms with van der Waals surface area (Å²) in [6.45, 7) is -3.03. The van der Waals surface area contributed by atoms with Gasteiger partial charge in [0.15, 0.2) is 0 Å². The fourth-order valence-electron chi connectivity index (χ4n) is 1.54. The smallest absolute Gasteiger partial charge is 0.387 e. The summed E-state index contributed by atoms with van der Waals surface area (Å²) < 4.78 is 55.0. The molecule has 1 N–H and O–H groups in total. The van der Waals surface area contributed by atoms with Crippen LogP contribution in [0.15, 0.2) is 41.4 Å².